The highest BCUT2D eigenvalue weighted by Gasteiger charge is 2.56. The second-order valence-electron chi connectivity index (χ2n) is 9.99. The van der Waals surface area contributed by atoms with Gasteiger partial charge >= 0.3 is 13.7 Å². The van der Waals surface area contributed by atoms with Crippen LogP contribution >= 0.6 is 19.3 Å². The number of nitrogens with two attached hydrogens (primary N) is 1. The number of imidazole rings is 1. The molecule has 0 radical (unpaired) electrons. The van der Waals surface area contributed by atoms with Gasteiger partial charge in [-0.3, -0.25) is 13.9 Å². The molecule has 1 aromatic carbocycles. The van der Waals surface area contributed by atoms with E-state index in [0.29, 0.717) is 0 Å². The van der Waals surface area contributed by atoms with Crippen LogP contribution in [0.1, 0.15) is 40.3 Å². The Kier molecular flexibility index (Phi) is 9.16. The summed E-state index contributed by atoms with van der Waals surface area (Å²) in [5, 5.41) is 11.9. The first-order chi connectivity index (χ1) is 19.4. The van der Waals surface area contributed by atoms with Crippen molar-refractivity contribution in [3.8, 4) is 11.8 Å². The Morgan fingerprint density at radius 2 is 2.05 bits per heavy atom. The molecule has 0 bridgehead atoms. The number of hydrogen-bond acceptors (Lipinski definition) is 11. The van der Waals surface area contributed by atoms with Gasteiger partial charge in [0.05, 0.1) is 31.2 Å². The van der Waals surface area contributed by atoms with Crippen molar-refractivity contribution >= 4 is 42.3 Å². The van der Waals surface area contributed by atoms with Crippen molar-refractivity contribution < 1.29 is 32.3 Å². The van der Waals surface area contributed by atoms with E-state index in [2.05, 4.69) is 20.0 Å². The van der Waals surface area contributed by atoms with E-state index in [1.165, 1.54) is 24.7 Å². The Morgan fingerprint density at radius 3 is 2.71 bits per heavy atom. The van der Waals surface area contributed by atoms with Crippen LogP contribution in [0.2, 0.25) is 5.28 Å². The van der Waals surface area contributed by atoms with Gasteiger partial charge in [-0.15, -0.1) is 0 Å². The quantitative estimate of drug-likeness (QED) is 0.179. The largest absolute Gasteiger partial charge is 0.462 e. The SMILES string of the molecule is CC(C)OC(=O)[C@H](C)NP(=O)(OC[C@H]1O[C@@H](n2cnc3c(N)nc(Cl)nc32)C(F)C1(C)CC#N)Oc1ccccc1. The van der Waals surface area contributed by atoms with Gasteiger partial charge in [-0.05, 0) is 44.5 Å². The summed E-state index contributed by atoms with van der Waals surface area (Å²) in [5.41, 5.74) is 4.79. The molecule has 3 unspecified atom stereocenters. The first-order valence-corrected chi connectivity index (χ1v) is 14.6. The molecule has 1 fully saturated rings. The lowest BCUT2D eigenvalue weighted by atomic mass is 9.79. The number of rotatable bonds is 11. The van der Waals surface area contributed by atoms with E-state index in [1.807, 2.05) is 6.07 Å². The van der Waals surface area contributed by atoms with Crippen LogP contribution in [0.25, 0.3) is 11.2 Å². The van der Waals surface area contributed by atoms with E-state index in [9.17, 15) is 14.6 Å². The number of carbonyl (C=O) groups is 1. The molecule has 220 valence electrons. The summed E-state index contributed by atoms with van der Waals surface area (Å²) >= 11 is 5.96. The van der Waals surface area contributed by atoms with Gasteiger partial charge in [0.2, 0.25) is 5.28 Å². The third kappa shape index (κ3) is 6.60. The molecule has 2 aromatic heterocycles. The van der Waals surface area contributed by atoms with E-state index in [4.69, 9.17) is 35.9 Å². The molecule has 1 aliphatic rings. The number of fused-ring (bicyclic) bond motifs is 1. The minimum atomic E-state index is -4.28. The molecule has 1 aliphatic heterocycles. The maximum Gasteiger partial charge on any atom is 0.459 e. The molecule has 0 spiro atoms. The number of nitrogens with zero attached hydrogens (tertiary/aromatic N) is 5. The van der Waals surface area contributed by atoms with Crippen LogP contribution in [0.3, 0.4) is 0 Å². The Hall–Kier alpha value is -3.34. The lowest BCUT2D eigenvalue weighted by Crippen LogP contribution is -2.39. The van der Waals surface area contributed by atoms with E-state index < -0.39 is 56.4 Å². The molecule has 0 amide bonds. The Bertz CT molecular complexity index is 1490. The predicted molar refractivity (Wildman–Crippen MR) is 146 cm³/mol. The van der Waals surface area contributed by atoms with Crippen LogP contribution in [0.15, 0.2) is 36.7 Å². The summed E-state index contributed by atoms with van der Waals surface area (Å²) in [6.07, 6.45) is -3.55. The Balaban J connectivity index is 1.61. The molecule has 3 N–H and O–H groups in total. The molecule has 4 rings (SSSR count). The normalized spacial score (nSPS) is 24.6. The van der Waals surface area contributed by atoms with Crippen molar-refractivity contribution in [2.24, 2.45) is 5.41 Å². The number of alkyl halides is 1. The van der Waals surface area contributed by atoms with Crippen molar-refractivity contribution in [1.82, 2.24) is 24.6 Å². The lowest BCUT2D eigenvalue weighted by molar-refractivity contribution is -0.149. The number of hydrogen-bond donors (Lipinski definition) is 2. The van der Waals surface area contributed by atoms with E-state index in [0.717, 1.165) is 0 Å². The highest BCUT2D eigenvalue weighted by atomic mass is 35.5. The first-order valence-electron chi connectivity index (χ1n) is 12.7. The minimum Gasteiger partial charge on any atom is -0.462 e. The van der Waals surface area contributed by atoms with Crippen LogP contribution in [0, 0.1) is 16.7 Å². The fourth-order valence-corrected chi connectivity index (χ4v) is 5.97. The predicted octanol–water partition coefficient (Wildman–Crippen LogP) is 4.35. The van der Waals surface area contributed by atoms with Gasteiger partial charge in [0.1, 0.15) is 17.3 Å². The highest BCUT2D eigenvalue weighted by Crippen LogP contribution is 2.51. The van der Waals surface area contributed by atoms with Gasteiger partial charge in [-0.1, -0.05) is 25.1 Å². The van der Waals surface area contributed by atoms with Crippen LogP contribution in [0.4, 0.5) is 10.2 Å². The fraction of sp³-hybridized carbons (Fsp3) is 0.480. The van der Waals surface area contributed by atoms with Crippen molar-refractivity contribution in [1.29, 1.82) is 5.26 Å². The average molecular weight is 610 g/mol. The number of aromatic nitrogens is 4. The molecule has 3 heterocycles. The maximum absolute atomic E-state index is 16.1. The van der Waals surface area contributed by atoms with Crippen LogP contribution in [-0.2, 0) is 23.4 Å². The van der Waals surface area contributed by atoms with Crippen LogP contribution < -0.4 is 15.3 Å². The standard InChI is InChI=1S/C25H30ClFN7O6P/c1-14(2)38-23(35)15(3)33-41(36,40-16-8-6-5-7-9-16)37-12-17-25(4,10-11-28)19(27)22(39-17)34-13-30-18-20(29)31-24(26)32-21(18)34/h5-9,13-15,17,19,22H,10,12H2,1-4H3,(H,33,36)(H2,29,31,32)/t15-,17+,19?,22+,25?,41?/m0/s1. The monoisotopic (exact) mass is 609 g/mol. The van der Waals surface area contributed by atoms with Gasteiger partial charge in [0.25, 0.3) is 0 Å². The van der Waals surface area contributed by atoms with Crippen molar-refractivity contribution in [2.45, 2.75) is 64.8 Å². The van der Waals surface area contributed by atoms with Gasteiger partial charge in [-0.25, -0.2) is 13.9 Å². The van der Waals surface area contributed by atoms with Crippen molar-refractivity contribution in [3.63, 3.8) is 0 Å². The lowest BCUT2D eigenvalue weighted by Gasteiger charge is -2.30. The number of carbonyl (C=O) groups excluding carboxylic acids is 1. The number of nitriles is 1. The third-order valence-electron chi connectivity index (χ3n) is 6.50. The third-order valence-corrected chi connectivity index (χ3v) is 8.31. The zero-order chi connectivity index (χ0) is 29.9. The molecule has 6 atom stereocenters. The molecular formula is C25H30ClFN7O6P. The molecule has 0 aliphatic carbocycles. The molecule has 3 aromatic rings. The van der Waals surface area contributed by atoms with E-state index in [1.54, 1.807) is 44.2 Å². The zero-order valence-corrected chi connectivity index (χ0v) is 24.4. The first kappa shape index (κ1) is 30.6. The second kappa shape index (κ2) is 12.3. The number of nitrogens with one attached hydrogen (secondary N) is 1. The summed E-state index contributed by atoms with van der Waals surface area (Å²) in [4.78, 5) is 24.6. The number of esters is 1. The van der Waals surface area contributed by atoms with E-state index >= 15 is 4.39 Å². The molecular weight excluding hydrogens is 580 g/mol. The van der Waals surface area contributed by atoms with Gasteiger partial charge in [0.15, 0.2) is 23.9 Å². The number of benzene rings is 1. The van der Waals surface area contributed by atoms with Crippen LogP contribution in [-0.4, -0.2) is 56.5 Å². The van der Waals surface area contributed by atoms with Crippen LogP contribution in [0.5, 0.6) is 5.75 Å². The minimum absolute atomic E-state index is 0.00186. The van der Waals surface area contributed by atoms with Gasteiger partial charge in [-0.2, -0.15) is 20.3 Å². The number of halogens is 2. The molecule has 0 saturated carbocycles. The van der Waals surface area contributed by atoms with Crippen molar-refractivity contribution in [2.75, 3.05) is 12.3 Å². The number of para-hydroxylation sites is 1. The molecule has 16 heteroatoms. The van der Waals surface area contributed by atoms with Gasteiger partial charge < -0.3 is 19.7 Å². The maximum atomic E-state index is 16.1. The molecule has 1 saturated heterocycles. The second-order valence-corrected chi connectivity index (χ2v) is 12.0. The fourth-order valence-electron chi connectivity index (χ4n) is 4.31. The number of nitrogen functional groups attached to an aromatic ring is 1. The zero-order valence-electron chi connectivity index (χ0n) is 22.7. The summed E-state index contributed by atoms with van der Waals surface area (Å²) < 4.78 is 54.0. The molecule has 13 nitrogen and oxygen atoms in total. The number of anilines is 1. The highest BCUT2D eigenvalue weighted by molar-refractivity contribution is 7.52. The summed E-state index contributed by atoms with van der Waals surface area (Å²) in [6.45, 7) is 5.84. The number of ether oxygens (including phenoxy) is 2. The Morgan fingerprint density at radius 1 is 1.34 bits per heavy atom. The molecule has 41 heavy (non-hydrogen) atoms. The Labute approximate surface area is 240 Å². The van der Waals surface area contributed by atoms with Gasteiger partial charge in [0, 0.05) is 11.8 Å². The summed E-state index contributed by atoms with van der Waals surface area (Å²) in [5.74, 6) is -0.482. The average Bonchev–Trinajstić information content (AvgIpc) is 3.42. The topological polar surface area (TPSA) is 176 Å². The summed E-state index contributed by atoms with van der Waals surface area (Å²) in [7, 11) is -4.28. The summed E-state index contributed by atoms with van der Waals surface area (Å²) in [6, 6.07) is 9.07. The van der Waals surface area contributed by atoms with E-state index in [-0.39, 0.29) is 34.4 Å². The smallest absolute Gasteiger partial charge is 0.459 e. The van der Waals surface area contributed by atoms with Crippen molar-refractivity contribution in [3.05, 3.63) is 41.9 Å².